The zero-order valence-electron chi connectivity index (χ0n) is 5.00. The van der Waals surface area contributed by atoms with Crippen molar-refractivity contribution < 1.29 is 5.11 Å². The molecule has 0 aliphatic heterocycles. The number of hydrogen-bond acceptors (Lipinski definition) is 2. The van der Waals surface area contributed by atoms with Gasteiger partial charge >= 0.3 is 0 Å². The van der Waals surface area contributed by atoms with Crippen LogP contribution in [-0.2, 0) is 13.7 Å². The third kappa shape index (κ3) is 1.24. The molecule has 0 unspecified atom stereocenters. The van der Waals surface area contributed by atoms with Crippen LogP contribution in [0.25, 0.3) is 0 Å². The van der Waals surface area contributed by atoms with Crippen LogP contribution < -0.4 is 0 Å². The summed E-state index contributed by atoms with van der Waals surface area (Å²) in [6.07, 6.45) is 1.67. The fourth-order valence-corrected chi connectivity index (χ4v) is 1.01. The molecule has 0 saturated carbocycles. The highest BCUT2D eigenvalue weighted by atomic mass is 127. The Bertz CT molecular complexity index is 209. The summed E-state index contributed by atoms with van der Waals surface area (Å²) in [5.41, 5.74) is 0.887. The van der Waals surface area contributed by atoms with E-state index >= 15 is 0 Å². The highest BCUT2D eigenvalue weighted by Gasteiger charge is 2.01. The molecular formula is C5H7IN2O. The van der Waals surface area contributed by atoms with Gasteiger partial charge < -0.3 is 5.11 Å². The Kier molecular flexibility index (Phi) is 2.07. The van der Waals surface area contributed by atoms with Crippen molar-refractivity contribution >= 4 is 22.6 Å². The number of aromatic nitrogens is 2. The second-order valence-electron chi connectivity index (χ2n) is 1.74. The van der Waals surface area contributed by atoms with Crippen LogP contribution in [0.3, 0.4) is 0 Å². The second-order valence-corrected chi connectivity index (χ2v) is 2.76. The quantitative estimate of drug-likeness (QED) is 0.724. The zero-order valence-corrected chi connectivity index (χ0v) is 7.16. The van der Waals surface area contributed by atoms with E-state index in [1.165, 1.54) is 0 Å². The molecule has 50 valence electrons. The van der Waals surface area contributed by atoms with Gasteiger partial charge in [0.2, 0.25) is 0 Å². The number of aryl methyl sites for hydroxylation is 1. The van der Waals surface area contributed by atoms with E-state index in [2.05, 4.69) is 27.7 Å². The van der Waals surface area contributed by atoms with Crippen LogP contribution in [-0.4, -0.2) is 14.9 Å². The van der Waals surface area contributed by atoms with E-state index in [0.29, 0.717) is 0 Å². The summed E-state index contributed by atoms with van der Waals surface area (Å²) in [7, 11) is 1.85. The lowest BCUT2D eigenvalue weighted by atomic mass is 10.4. The van der Waals surface area contributed by atoms with Gasteiger partial charge in [-0.3, -0.25) is 4.68 Å². The van der Waals surface area contributed by atoms with Crippen LogP contribution in [0.5, 0.6) is 0 Å². The minimum Gasteiger partial charge on any atom is -0.392 e. The zero-order chi connectivity index (χ0) is 6.85. The normalized spacial score (nSPS) is 10.1. The summed E-state index contributed by atoms with van der Waals surface area (Å²) in [4.78, 5) is 0. The first-order valence-corrected chi connectivity index (χ1v) is 3.61. The molecule has 1 aromatic heterocycles. The number of halogens is 1. The van der Waals surface area contributed by atoms with Crippen molar-refractivity contribution in [3.63, 3.8) is 0 Å². The summed E-state index contributed by atoms with van der Waals surface area (Å²) in [5, 5.41) is 12.6. The Balaban J connectivity index is 3.04. The topological polar surface area (TPSA) is 38.0 Å². The molecule has 9 heavy (non-hydrogen) atoms. The molecule has 1 N–H and O–H groups in total. The molecule has 4 heteroatoms. The van der Waals surface area contributed by atoms with Crippen LogP contribution >= 0.6 is 22.6 Å². The largest absolute Gasteiger partial charge is 0.392 e. The Morgan fingerprint density at radius 2 is 2.56 bits per heavy atom. The van der Waals surface area contributed by atoms with Gasteiger partial charge in [-0.05, 0) is 22.6 Å². The van der Waals surface area contributed by atoms with Gasteiger partial charge in [0.25, 0.3) is 0 Å². The molecule has 0 spiro atoms. The standard InChI is InChI=1S/C5H7IN2O/c1-8-5(6)4(3-9)2-7-8/h2,9H,3H2,1H3. The number of aliphatic hydroxyl groups excluding tert-OH is 1. The molecule has 0 bridgehead atoms. The first kappa shape index (κ1) is 7.01. The maximum Gasteiger partial charge on any atom is 0.104 e. The summed E-state index contributed by atoms with van der Waals surface area (Å²) < 4.78 is 2.72. The van der Waals surface area contributed by atoms with Crippen LogP contribution in [0.1, 0.15) is 5.56 Å². The monoisotopic (exact) mass is 238 g/mol. The molecule has 0 aromatic carbocycles. The molecule has 0 aliphatic carbocycles. The smallest absolute Gasteiger partial charge is 0.104 e. The van der Waals surface area contributed by atoms with Crippen LogP contribution in [0.15, 0.2) is 6.20 Å². The number of rotatable bonds is 1. The van der Waals surface area contributed by atoms with Gasteiger partial charge in [-0.25, -0.2) is 0 Å². The Morgan fingerprint density at radius 1 is 1.89 bits per heavy atom. The van der Waals surface area contributed by atoms with Crippen LogP contribution in [0.2, 0.25) is 0 Å². The van der Waals surface area contributed by atoms with Gasteiger partial charge in [-0.1, -0.05) is 0 Å². The van der Waals surface area contributed by atoms with E-state index in [0.717, 1.165) is 9.26 Å². The Morgan fingerprint density at radius 3 is 2.78 bits per heavy atom. The highest BCUT2D eigenvalue weighted by molar-refractivity contribution is 14.1. The average molecular weight is 238 g/mol. The predicted octanol–water partition coefficient (Wildman–Crippen LogP) is 0.517. The van der Waals surface area contributed by atoms with E-state index in [9.17, 15) is 0 Å². The Labute approximate surface area is 66.8 Å². The first-order chi connectivity index (χ1) is 4.25. The van der Waals surface area contributed by atoms with Gasteiger partial charge in [0.05, 0.1) is 12.8 Å². The van der Waals surface area contributed by atoms with Gasteiger partial charge in [-0.2, -0.15) is 5.10 Å². The summed E-state index contributed by atoms with van der Waals surface area (Å²) in [6.45, 7) is 0.0755. The summed E-state index contributed by atoms with van der Waals surface area (Å²) >= 11 is 2.14. The first-order valence-electron chi connectivity index (χ1n) is 2.53. The summed E-state index contributed by atoms with van der Waals surface area (Å²) in [6, 6.07) is 0. The van der Waals surface area contributed by atoms with Gasteiger partial charge in [0.15, 0.2) is 0 Å². The van der Waals surface area contributed by atoms with Crippen molar-refractivity contribution in [1.82, 2.24) is 9.78 Å². The molecule has 0 atom stereocenters. The van der Waals surface area contributed by atoms with E-state index in [1.54, 1.807) is 10.9 Å². The lowest BCUT2D eigenvalue weighted by Gasteiger charge is -1.91. The fourth-order valence-electron chi connectivity index (χ4n) is 0.574. The van der Waals surface area contributed by atoms with Crippen molar-refractivity contribution in [2.45, 2.75) is 6.61 Å². The number of hydrogen-bond donors (Lipinski definition) is 1. The van der Waals surface area contributed by atoms with E-state index in [-0.39, 0.29) is 6.61 Å². The van der Waals surface area contributed by atoms with E-state index in [1.807, 2.05) is 7.05 Å². The molecule has 0 amide bonds. The van der Waals surface area contributed by atoms with E-state index in [4.69, 9.17) is 5.11 Å². The van der Waals surface area contributed by atoms with Crippen LogP contribution in [0.4, 0.5) is 0 Å². The van der Waals surface area contributed by atoms with Crippen molar-refractivity contribution in [2.75, 3.05) is 0 Å². The molecule has 1 rings (SSSR count). The SMILES string of the molecule is Cn1ncc(CO)c1I. The fraction of sp³-hybridized carbons (Fsp3) is 0.400. The number of nitrogens with zero attached hydrogens (tertiary/aromatic N) is 2. The molecule has 3 nitrogen and oxygen atoms in total. The Hall–Kier alpha value is -0.100. The minimum absolute atomic E-state index is 0.0755. The van der Waals surface area contributed by atoms with Crippen molar-refractivity contribution in [3.8, 4) is 0 Å². The number of aliphatic hydroxyl groups is 1. The predicted molar refractivity (Wildman–Crippen MR) is 41.8 cm³/mol. The molecule has 1 aromatic rings. The molecule has 1 heterocycles. The highest BCUT2D eigenvalue weighted by Crippen LogP contribution is 2.08. The lowest BCUT2D eigenvalue weighted by Crippen LogP contribution is -1.93. The summed E-state index contributed by atoms with van der Waals surface area (Å²) in [5.74, 6) is 0. The van der Waals surface area contributed by atoms with E-state index < -0.39 is 0 Å². The second kappa shape index (κ2) is 2.66. The maximum absolute atomic E-state index is 8.67. The molecular weight excluding hydrogens is 231 g/mol. The third-order valence-electron chi connectivity index (χ3n) is 1.11. The molecule has 0 saturated heterocycles. The third-order valence-corrected chi connectivity index (χ3v) is 2.50. The average Bonchev–Trinajstić information content (AvgIpc) is 2.15. The van der Waals surface area contributed by atoms with Gasteiger partial charge in [0, 0.05) is 12.6 Å². The minimum atomic E-state index is 0.0755. The molecule has 0 radical (unpaired) electrons. The van der Waals surface area contributed by atoms with Crippen molar-refractivity contribution in [1.29, 1.82) is 0 Å². The van der Waals surface area contributed by atoms with Gasteiger partial charge in [-0.15, -0.1) is 0 Å². The lowest BCUT2D eigenvalue weighted by molar-refractivity contribution is 0.281. The maximum atomic E-state index is 8.67. The molecule has 0 aliphatic rings. The van der Waals surface area contributed by atoms with Crippen molar-refractivity contribution in [3.05, 3.63) is 15.5 Å². The van der Waals surface area contributed by atoms with Crippen LogP contribution in [0, 0.1) is 3.70 Å². The molecule has 0 fully saturated rings. The van der Waals surface area contributed by atoms with Crippen molar-refractivity contribution in [2.24, 2.45) is 7.05 Å². The van der Waals surface area contributed by atoms with Gasteiger partial charge in [0.1, 0.15) is 3.70 Å².